The molecule has 4 fully saturated rings. The van der Waals surface area contributed by atoms with E-state index in [1.165, 1.54) is 18.6 Å². The number of nitrogens with zero attached hydrogens (tertiary/aromatic N) is 1. The fraction of sp³-hybridized carbons (Fsp3) is 0.680. The van der Waals surface area contributed by atoms with Gasteiger partial charge in [0.15, 0.2) is 11.6 Å². The van der Waals surface area contributed by atoms with Crippen molar-refractivity contribution in [1.82, 2.24) is 20.9 Å². The van der Waals surface area contributed by atoms with Crippen molar-refractivity contribution in [3.8, 4) is 0 Å². The van der Waals surface area contributed by atoms with E-state index >= 15 is 0 Å². The summed E-state index contributed by atoms with van der Waals surface area (Å²) in [5, 5.41) is 9.93. The van der Waals surface area contributed by atoms with Crippen molar-refractivity contribution in [2.24, 2.45) is 11.8 Å². The first-order valence-corrected chi connectivity index (χ1v) is 12.0. The van der Waals surface area contributed by atoms with Crippen molar-refractivity contribution >= 4 is 24.3 Å². The van der Waals surface area contributed by atoms with E-state index in [0.29, 0.717) is 36.1 Å². The lowest BCUT2D eigenvalue weighted by atomic mass is 9.50. The number of halogens is 3. The molecule has 5 aliphatic rings. The smallest absolute Gasteiger partial charge is 0.315 e. The lowest BCUT2D eigenvalue weighted by Crippen LogP contribution is -2.70. The summed E-state index contributed by atoms with van der Waals surface area (Å²) in [4.78, 5) is 27.3. The molecule has 3 N–H and O–H groups in total. The van der Waals surface area contributed by atoms with E-state index in [1.807, 2.05) is 20.8 Å². The van der Waals surface area contributed by atoms with Gasteiger partial charge in [-0.15, -0.1) is 12.4 Å². The summed E-state index contributed by atoms with van der Waals surface area (Å²) in [5.41, 5.74) is 0.664. The Morgan fingerprint density at radius 2 is 1.53 bits per heavy atom. The van der Waals surface area contributed by atoms with Gasteiger partial charge in [0.05, 0.1) is 6.54 Å². The molecule has 4 saturated carbocycles. The first-order chi connectivity index (χ1) is 15.4. The van der Waals surface area contributed by atoms with Crippen LogP contribution in [-0.2, 0) is 17.9 Å². The second kappa shape index (κ2) is 8.63. The summed E-state index contributed by atoms with van der Waals surface area (Å²) in [5.74, 6) is -0.710. The van der Waals surface area contributed by atoms with Crippen molar-refractivity contribution in [1.29, 1.82) is 0 Å². The number of amides is 3. The number of urea groups is 1. The maximum Gasteiger partial charge on any atom is 0.315 e. The Balaban J connectivity index is 0.00000274. The largest absolute Gasteiger partial charge is 0.334 e. The van der Waals surface area contributed by atoms with Gasteiger partial charge in [0.1, 0.15) is 0 Å². The summed E-state index contributed by atoms with van der Waals surface area (Å²) < 4.78 is 27.1. The molecule has 4 aliphatic carbocycles. The van der Waals surface area contributed by atoms with Gasteiger partial charge in [-0.1, -0.05) is 0 Å². The monoisotopic (exact) mass is 496 g/mol. The Kier molecular flexibility index (Phi) is 6.39. The number of fused-ring (bicyclic) bond motifs is 1. The molecule has 2 unspecified atom stereocenters. The number of carbonyl (C=O) groups is 2. The van der Waals surface area contributed by atoms with E-state index in [2.05, 4.69) is 16.0 Å². The van der Waals surface area contributed by atoms with Crippen molar-refractivity contribution < 1.29 is 18.4 Å². The van der Waals surface area contributed by atoms with Crippen LogP contribution in [0.4, 0.5) is 13.6 Å². The normalized spacial score (nSPS) is 31.1. The molecule has 6 rings (SSSR count). The van der Waals surface area contributed by atoms with E-state index < -0.39 is 11.6 Å². The third-order valence-corrected chi connectivity index (χ3v) is 7.86. The fourth-order valence-corrected chi connectivity index (χ4v) is 7.17. The second-order valence-corrected chi connectivity index (χ2v) is 12.0. The zero-order chi connectivity index (χ0) is 23.6. The molecule has 1 heterocycles. The van der Waals surface area contributed by atoms with Gasteiger partial charge in [0.25, 0.3) is 0 Å². The van der Waals surface area contributed by atoms with Crippen LogP contribution >= 0.6 is 12.4 Å². The molecule has 4 bridgehead atoms. The minimum Gasteiger partial charge on any atom is -0.334 e. The van der Waals surface area contributed by atoms with Crippen LogP contribution in [0.3, 0.4) is 0 Å². The Bertz CT molecular complexity index is 951. The van der Waals surface area contributed by atoms with Crippen LogP contribution in [0.15, 0.2) is 12.1 Å². The molecular formula is C25H35ClF2N4O2. The number of carbonyl (C=O) groups excluding carboxylic acids is 2. The van der Waals surface area contributed by atoms with Crippen molar-refractivity contribution in [2.45, 2.75) is 89.0 Å². The van der Waals surface area contributed by atoms with Gasteiger partial charge in [-0.3, -0.25) is 4.79 Å². The van der Waals surface area contributed by atoms with E-state index in [0.717, 1.165) is 32.1 Å². The van der Waals surface area contributed by atoms with Crippen molar-refractivity contribution in [2.75, 3.05) is 6.54 Å². The topological polar surface area (TPSA) is 73.5 Å². The Hall–Kier alpha value is -1.93. The maximum atomic E-state index is 13.6. The Labute approximate surface area is 206 Å². The third-order valence-electron chi connectivity index (χ3n) is 7.86. The number of rotatable bonds is 4. The molecule has 0 aromatic heterocycles. The highest BCUT2D eigenvalue weighted by Gasteiger charge is 2.58. The van der Waals surface area contributed by atoms with Gasteiger partial charge in [0.2, 0.25) is 5.91 Å². The zero-order valence-corrected chi connectivity index (χ0v) is 20.9. The summed E-state index contributed by atoms with van der Waals surface area (Å²) in [7, 11) is 0. The molecule has 3 amide bonds. The zero-order valence-electron chi connectivity index (χ0n) is 20.1. The molecule has 34 heavy (non-hydrogen) atoms. The fourth-order valence-electron chi connectivity index (χ4n) is 7.17. The predicted octanol–water partition coefficient (Wildman–Crippen LogP) is 4.01. The first kappa shape index (κ1) is 25.2. The molecular weight excluding hydrogens is 462 g/mol. The lowest BCUT2D eigenvalue weighted by Gasteiger charge is -2.62. The van der Waals surface area contributed by atoms with Crippen LogP contribution in [0, 0.1) is 23.5 Å². The number of nitrogens with one attached hydrogen (secondary N) is 3. The molecule has 4 atom stereocenters. The molecule has 1 aromatic carbocycles. The highest BCUT2D eigenvalue weighted by Crippen LogP contribution is 2.57. The van der Waals surface area contributed by atoms with Gasteiger partial charge in [-0.2, -0.15) is 0 Å². The highest BCUT2D eigenvalue weighted by atomic mass is 35.5. The van der Waals surface area contributed by atoms with Gasteiger partial charge in [0, 0.05) is 29.7 Å². The van der Waals surface area contributed by atoms with Crippen LogP contribution in [-0.4, -0.2) is 40.0 Å². The summed E-state index contributed by atoms with van der Waals surface area (Å²) >= 11 is 0. The van der Waals surface area contributed by atoms with Crippen molar-refractivity contribution in [3.05, 3.63) is 34.9 Å². The number of benzene rings is 1. The maximum absolute atomic E-state index is 13.6. The minimum absolute atomic E-state index is 0. The predicted molar refractivity (Wildman–Crippen MR) is 127 cm³/mol. The van der Waals surface area contributed by atoms with Gasteiger partial charge in [-0.25, -0.2) is 13.6 Å². The van der Waals surface area contributed by atoms with Gasteiger partial charge >= 0.3 is 6.03 Å². The minimum atomic E-state index is -0.872. The molecule has 0 spiro atoms. The SMILES string of the molecule is CC(C)(C)NC(=O)NC12C[C@@H]3C[C@@H](CC(NCC(=O)N4Cc5cc(F)c(F)cc5C4)(C3)C1)C2.Cl. The van der Waals surface area contributed by atoms with Crippen LogP contribution in [0.25, 0.3) is 0 Å². The molecule has 0 radical (unpaired) electrons. The molecule has 6 nitrogen and oxygen atoms in total. The van der Waals surface area contributed by atoms with E-state index in [4.69, 9.17) is 0 Å². The summed E-state index contributed by atoms with van der Waals surface area (Å²) in [6, 6.07) is 2.27. The standard InChI is InChI=1S/C25H34F2N4O2.ClH/c1-23(2,3)29-22(33)30-25-9-15-4-16(10-25)8-24(7-15,14-25)28-11-21(32)31-12-17-5-19(26)20(27)6-18(17)13-31;/h5-6,15-16,28H,4,7-14H2,1-3H3,(H2,29,30,33);1H/t15-,16+,24?,25?;. The average molecular weight is 497 g/mol. The lowest BCUT2D eigenvalue weighted by molar-refractivity contribution is -0.132. The van der Waals surface area contributed by atoms with Crippen LogP contribution < -0.4 is 16.0 Å². The average Bonchev–Trinajstić information content (AvgIpc) is 3.06. The Morgan fingerprint density at radius 1 is 1.00 bits per heavy atom. The molecule has 9 heteroatoms. The summed E-state index contributed by atoms with van der Waals surface area (Å²) in [6.07, 6.45) is 6.07. The first-order valence-electron chi connectivity index (χ1n) is 12.0. The second-order valence-electron chi connectivity index (χ2n) is 12.0. The number of hydrogen-bond donors (Lipinski definition) is 3. The molecule has 1 aromatic rings. The quantitative estimate of drug-likeness (QED) is 0.589. The van der Waals surface area contributed by atoms with E-state index in [-0.39, 0.29) is 47.5 Å². The number of hydrogen-bond acceptors (Lipinski definition) is 3. The third kappa shape index (κ3) is 4.89. The Morgan fingerprint density at radius 3 is 2.06 bits per heavy atom. The van der Waals surface area contributed by atoms with E-state index in [9.17, 15) is 18.4 Å². The highest BCUT2D eigenvalue weighted by molar-refractivity contribution is 5.85. The van der Waals surface area contributed by atoms with Crippen molar-refractivity contribution in [3.63, 3.8) is 0 Å². The van der Waals surface area contributed by atoms with Crippen LogP contribution in [0.2, 0.25) is 0 Å². The van der Waals surface area contributed by atoms with Crippen LogP contribution in [0.1, 0.15) is 70.4 Å². The van der Waals surface area contributed by atoms with Crippen LogP contribution in [0.5, 0.6) is 0 Å². The molecule has 188 valence electrons. The summed E-state index contributed by atoms with van der Waals surface area (Å²) in [6.45, 7) is 6.73. The molecule has 0 saturated heterocycles. The van der Waals surface area contributed by atoms with Gasteiger partial charge in [-0.05, 0) is 94.4 Å². The van der Waals surface area contributed by atoms with Gasteiger partial charge < -0.3 is 20.9 Å². The molecule has 1 aliphatic heterocycles. The van der Waals surface area contributed by atoms with E-state index in [1.54, 1.807) is 4.90 Å².